The maximum absolute atomic E-state index is 5.93. The Morgan fingerprint density at radius 1 is 1.46 bits per heavy atom. The summed E-state index contributed by atoms with van der Waals surface area (Å²) in [6, 6.07) is 6.05. The van der Waals surface area contributed by atoms with E-state index in [0.29, 0.717) is 5.92 Å². The van der Waals surface area contributed by atoms with Crippen molar-refractivity contribution in [2.75, 3.05) is 5.73 Å². The molecule has 0 saturated heterocycles. The predicted octanol–water partition coefficient (Wildman–Crippen LogP) is 3.00. The second-order valence-corrected chi connectivity index (χ2v) is 3.84. The van der Waals surface area contributed by atoms with Gasteiger partial charge in [0.25, 0.3) is 0 Å². The minimum atomic E-state index is 0.698. The van der Waals surface area contributed by atoms with Crippen LogP contribution in [0, 0.1) is 12.8 Å². The Balaban J connectivity index is 2.42. The number of allylic oxidation sites excluding steroid dienone is 1. The van der Waals surface area contributed by atoms with Gasteiger partial charge in [-0.2, -0.15) is 0 Å². The zero-order chi connectivity index (χ0) is 9.42. The van der Waals surface area contributed by atoms with Crippen molar-refractivity contribution in [3.8, 4) is 0 Å². The van der Waals surface area contributed by atoms with E-state index in [1.807, 2.05) is 12.1 Å². The van der Waals surface area contributed by atoms with E-state index in [0.717, 1.165) is 5.69 Å². The first-order valence-corrected chi connectivity index (χ1v) is 4.74. The molecule has 0 heterocycles. The lowest BCUT2D eigenvalue weighted by atomic mass is 9.97. The first-order chi connectivity index (χ1) is 6.20. The van der Waals surface area contributed by atoms with E-state index in [4.69, 9.17) is 5.73 Å². The summed E-state index contributed by atoms with van der Waals surface area (Å²) < 4.78 is 0. The van der Waals surface area contributed by atoms with Gasteiger partial charge in [0, 0.05) is 11.3 Å². The van der Waals surface area contributed by atoms with E-state index in [9.17, 15) is 0 Å². The van der Waals surface area contributed by atoms with Gasteiger partial charge in [0.15, 0.2) is 0 Å². The van der Waals surface area contributed by atoms with Crippen LogP contribution in [-0.2, 0) is 0 Å². The summed E-state index contributed by atoms with van der Waals surface area (Å²) in [5, 5.41) is 0. The van der Waals surface area contributed by atoms with Gasteiger partial charge in [0.1, 0.15) is 0 Å². The van der Waals surface area contributed by atoms with Crippen LogP contribution in [0.1, 0.15) is 24.0 Å². The molecular weight excluding hydrogens is 158 g/mol. The molecule has 68 valence electrons. The molecule has 0 amide bonds. The molecular formula is C12H15N. The summed E-state index contributed by atoms with van der Waals surface area (Å²) in [6.45, 7) is 6.23. The number of rotatable bonds is 2. The van der Waals surface area contributed by atoms with Crippen molar-refractivity contribution in [2.24, 2.45) is 5.92 Å². The molecule has 1 fully saturated rings. The highest BCUT2D eigenvalue weighted by Crippen LogP contribution is 2.43. The topological polar surface area (TPSA) is 26.0 Å². The summed E-state index contributed by atoms with van der Waals surface area (Å²) in [5.41, 5.74) is 10.5. The van der Waals surface area contributed by atoms with Crippen molar-refractivity contribution in [1.29, 1.82) is 0 Å². The minimum absolute atomic E-state index is 0.698. The third-order valence-electron chi connectivity index (χ3n) is 2.70. The molecule has 0 bridgehead atoms. The molecule has 1 aromatic carbocycles. The molecule has 0 aromatic heterocycles. The van der Waals surface area contributed by atoms with Crippen LogP contribution in [0.15, 0.2) is 24.8 Å². The number of hydrogen-bond donors (Lipinski definition) is 1. The van der Waals surface area contributed by atoms with Crippen molar-refractivity contribution in [1.82, 2.24) is 0 Å². The molecule has 1 aliphatic rings. The Bertz CT molecular complexity index is 328. The summed E-state index contributed by atoms with van der Waals surface area (Å²) in [6.07, 6.45) is 2.57. The molecule has 1 aromatic rings. The third kappa shape index (κ3) is 1.46. The molecule has 0 atom stereocenters. The van der Waals surface area contributed by atoms with Crippen LogP contribution >= 0.6 is 0 Å². The fourth-order valence-corrected chi connectivity index (χ4v) is 1.77. The second-order valence-electron chi connectivity index (χ2n) is 3.84. The highest BCUT2D eigenvalue weighted by molar-refractivity contribution is 5.78. The number of hydrogen-bond acceptors (Lipinski definition) is 1. The Kier molecular flexibility index (Phi) is 1.87. The van der Waals surface area contributed by atoms with Gasteiger partial charge in [-0.1, -0.05) is 18.7 Å². The van der Waals surface area contributed by atoms with Crippen molar-refractivity contribution in [3.63, 3.8) is 0 Å². The Morgan fingerprint density at radius 2 is 2.15 bits per heavy atom. The van der Waals surface area contributed by atoms with Crippen molar-refractivity contribution in [2.45, 2.75) is 19.8 Å². The van der Waals surface area contributed by atoms with Crippen molar-refractivity contribution < 1.29 is 0 Å². The van der Waals surface area contributed by atoms with E-state index < -0.39 is 0 Å². The van der Waals surface area contributed by atoms with Crippen molar-refractivity contribution in [3.05, 3.63) is 35.9 Å². The number of aryl methyl sites for hydroxylation is 1. The molecule has 0 unspecified atom stereocenters. The van der Waals surface area contributed by atoms with Gasteiger partial charge in [-0.15, -0.1) is 0 Å². The van der Waals surface area contributed by atoms with Gasteiger partial charge in [-0.25, -0.2) is 0 Å². The molecule has 1 heteroatoms. The number of benzene rings is 1. The maximum atomic E-state index is 5.93. The standard InChI is InChI=1S/C12H15N/c1-8-4-3-5-11(13)12(8)9(2)10-6-7-10/h3-5,10H,2,6-7,13H2,1H3. The SMILES string of the molecule is C=C(c1c(C)cccc1N)C1CC1. The highest BCUT2D eigenvalue weighted by atomic mass is 14.6. The normalized spacial score (nSPS) is 15.8. The van der Waals surface area contributed by atoms with Gasteiger partial charge < -0.3 is 5.73 Å². The van der Waals surface area contributed by atoms with Gasteiger partial charge in [-0.05, 0) is 42.9 Å². The van der Waals surface area contributed by atoms with Gasteiger partial charge in [0.05, 0.1) is 0 Å². The van der Waals surface area contributed by atoms with E-state index in [2.05, 4.69) is 19.6 Å². The van der Waals surface area contributed by atoms with Crippen LogP contribution < -0.4 is 5.73 Å². The predicted molar refractivity (Wildman–Crippen MR) is 57.3 cm³/mol. The zero-order valence-corrected chi connectivity index (χ0v) is 8.01. The highest BCUT2D eigenvalue weighted by Gasteiger charge is 2.26. The van der Waals surface area contributed by atoms with Crippen LogP contribution in [0.3, 0.4) is 0 Å². The minimum Gasteiger partial charge on any atom is -0.398 e. The van der Waals surface area contributed by atoms with Gasteiger partial charge in [-0.3, -0.25) is 0 Å². The summed E-state index contributed by atoms with van der Waals surface area (Å²) in [4.78, 5) is 0. The lowest BCUT2D eigenvalue weighted by Crippen LogP contribution is -1.96. The van der Waals surface area contributed by atoms with Crippen LogP contribution in [0.2, 0.25) is 0 Å². The quantitative estimate of drug-likeness (QED) is 0.683. The summed E-state index contributed by atoms with van der Waals surface area (Å²) in [7, 11) is 0. The second kappa shape index (κ2) is 2.91. The zero-order valence-electron chi connectivity index (χ0n) is 8.01. The van der Waals surface area contributed by atoms with E-state index in [-0.39, 0.29) is 0 Å². The van der Waals surface area contributed by atoms with Crippen LogP contribution in [-0.4, -0.2) is 0 Å². The molecule has 0 spiro atoms. The lowest BCUT2D eigenvalue weighted by Gasteiger charge is -2.10. The van der Waals surface area contributed by atoms with Crippen LogP contribution in [0.4, 0.5) is 5.69 Å². The number of anilines is 1. The number of nitrogen functional groups attached to an aromatic ring is 1. The largest absolute Gasteiger partial charge is 0.398 e. The molecule has 2 N–H and O–H groups in total. The first kappa shape index (κ1) is 8.36. The Hall–Kier alpha value is -1.24. The number of nitrogens with two attached hydrogens (primary N) is 1. The van der Waals surface area contributed by atoms with E-state index in [1.54, 1.807) is 0 Å². The fourth-order valence-electron chi connectivity index (χ4n) is 1.77. The molecule has 1 nitrogen and oxygen atoms in total. The van der Waals surface area contributed by atoms with Gasteiger partial charge >= 0.3 is 0 Å². The lowest BCUT2D eigenvalue weighted by molar-refractivity contribution is 1.14. The maximum Gasteiger partial charge on any atom is 0.0393 e. The van der Waals surface area contributed by atoms with Crippen LogP contribution in [0.5, 0.6) is 0 Å². The fraction of sp³-hybridized carbons (Fsp3) is 0.333. The average Bonchev–Trinajstić information content (AvgIpc) is 2.85. The summed E-state index contributed by atoms with van der Waals surface area (Å²) >= 11 is 0. The molecule has 0 radical (unpaired) electrons. The third-order valence-corrected chi connectivity index (χ3v) is 2.70. The molecule has 1 aliphatic carbocycles. The average molecular weight is 173 g/mol. The Morgan fingerprint density at radius 3 is 2.69 bits per heavy atom. The monoisotopic (exact) mass is 173 g/mol. The molecule has 1 saturated carbocycles. The summed E-state index contributed by atoms with van der Waals surface area (Å²) in [5.74, 6) is 0.698. The van der Waals surface area contributed by atoms with Crippen LogP contribution in [0.25, 0.3) is 5.57 Å². The molecule has 13 heavy (non-hydrogen) atoms. The smallest absolute Gasteiger partial charge is 0.0393 e. The molecule has 0 aliphatic heterocycles. The molecule has 2 rings (SSSR count). The Labute approximate surface area is 79.3 Å². The van der Waals surface area contributed by atoms with Crippen molar-refractivity contribution >= 4 is 11.3 Å². The van der Waals surface area contributed by atoms with E-state index in [1.165, 1.54) is 29.5 Å². The van der Waals surface area contributed by atoms with E-state index >= 15 is 0 Å². The van der Waals surface area contributed by atoms with Gasteiger partial charge in [0.2, 0.25) is 0 Å². The first-order valence-electron chi connectivity index (χ1n) is 4.74.